The third-order valence-electron chi connectivity index (χ3n) is 5.15. The second-order valence-electron chi connectivity index (χ2n) is 8.05. The topological polar surface area (TPSA) is 111 Å². The number of anilines is 1. The van der Waals surface area contributed by atoms with E-state index in [0.29, 0.717) is 16.9 Å². The molecule has 2 N–H and O–H groups in total. The number of amides is 2. The SMILES string of the molecule is CC(C)Oc1ccc(C(=O)Nc2ccc(-n3nnc(C(=O)NC4CCCC4)n3)cc2)cc1. The van der Waals surface area contributed by atoms with Gasteiger partial charge < -0.3 is 15.4 Å². The van der Waals surface area contributed by atoms with Crippen LogP contribution < -0.4 is 15.4 Å². The summed E-state index contributed by atoms with van der Waals surface area (Å²) in [5.74, 6) is 0.229. The molecule has 1 aromatic heterocycles. The third-order valence-corrected chi connectivity index (χ3v) is 5.15. The van der Waals surface area contributed by atoms with Gasteiger partial charge in [0.1, 0.15) is 5.75 Å². The maximum Gasteiger partial charge on any atom is 0.293 e. The van der Waals surface area contributed by atoms with Crippen molar-refractivity contribution >= 4 is 17.5 Å². The Hall–Kier alpha value is -3.75. The molecule has 0 unspecified atom stereocenters. The Labute approximate surface area is 186 Å². The van der Waals surface area contributed by atoms with Crippen molar-refractivity contribution in [2.24, 2.45) is 0 Å². The minimum atomic E-state index is -0.308. The summed E-state index contributed by atoms with van der Waals surface area (Å²) in [7, 11) is 0. The first-order chi connectivity index (χ1) is 15.5. The number of nitrogens with one attached hydrogen (secondary N) is 2. The highest BCUT2D eigenvalue weighted by molar-refractivity contribution is 6.04. The van der Waals surface area contributed by atoms with Gasteiger partial charge in [-0.2, -0.15) is 0 Å². The Bertz CT molecular complexity index is 1070. The molecule has 0 bridgehead atoms. The van der Waals surface area contributed by atoms with E-state index in [0.717, 1.165) is 31.4 Å². The Morgan fingerprint density at radius 1 is 1.00 bits per heavy atom. The van der Waals surface area contributed by atoms with Gasteiger partial charge in [-0.15, -0.1) is 15.0 Å². The predicted octanol–water partition coefficient (Wildman–Crippen LogP) is 3.37. The Balaban J connectivity index is 1.36. The molecule has 0 saturated heterocycles. The maximum absolute atomic E-state index is 12.5. The molecule has 0 spiro atoms. The number of aromatic nitrogens is 4. The highest BCUT2D eigenvalue weighted by atomic mass is 16.5. The van der Waals surface area contributed by atoms with Crippen molar-refractivity contribution in [3.8, 4) is 11.4 Å². The minimum Gasteiger partial charge on any atom is -0.491 e. The number of carbonyl (C=O) groups is 2. The van der Waals surface area contributed by atoms with Crippen molar-refractivity contribution < 1.29 is 14.3 Å². The number of rotatable bonds is 7. The Morgan fingerprint density at radius 3 is 2.34 bits per heavy atom. The number of nitrogens with zero attached hydrogens (tertiary/aromatic N) is 4. The van der Waals surface area contributed by atoms with Gasteiger partial charge in [0.05, 0.1) is 11.8 Å². The van der Waals surface area contributed by atoms with Crippen LogP contribution in [0.15, 0.2) is 48.5 Å². The second-order valence-corrected chi connectivity index (χ2v) is 8.05. The van der Waals surface area contributed by atoms with Crippen LogP contribution in [-0.4, -0.2) is 44.2 Å². The van der Waals surface area contributed by atoms with Gasteiger partial charge in [-0.1, -0.05) is 12.8 Å². The van der Waals surface area contributed by atoms with E-state index in [-0.39, 0.29) is 29.8 Å². The van der Waals surface area contributed by atoms with Crippen molar-refractivity contribution in [3.63, 3.8) is 0 Å². The van der Waals surface area contributed by atoms with Crippen molar-refractivity contribution in [3.05, 3.63) is 59.9 Å². The van der Waals surface area contributed by atoms with Crippen molar-refractivity contribution in [1.82, 2.24) is 25.5 Å². The van der Waals surface area contributed by atoms with Crippen LogP contribution in [0.3, 0.4) is 0 Å². The standard InChI is InChI=1S/C23H26N6O3/c1-15(2)32-20-13-7-16(8-14-20)22(30)24-18-9-11-19(12-10-18)29-27-21(26-28-29)23(31)25-17-5-3-4-6-17/h7-15,17H,3-6H2,1-2H3,(H,24,30)(H,25,31). The van der Waals surface area contributed by atoms with Crippen LogP contribution >= 0.6 is 0 Å². The summed E-state index contributed by atoms with van der Waals surface area (Å²) in [5, 5.41) is 17.8. The fourth-order valence-corrected chi connectivity index (χ4v) is 3.57. The highest BCUT2D eigenvalue weighted by Crippen LogP contribution is 2.18. The zero-order valence-electron chi connectivity index (χ0n) is 18.1. The summed E-state index contributed by atoms with van der Waals surface area (Å²) < 4.78 is 5.60. The molecule has 0 aliphatic heterocycles. The van der Waals surface area contributed by atoms with E-state index in [1.165, 1.54) is 4.80 Å². The van der Waals surface area contributed by atoms with E-state index in [4.69, 9.17) is 4.74 Å². The number of carbonyl (C=O) groups excluding carboxylic acids is 2. The largest absolute Gasteiger partial charge is 0.491 e. The number of benzene rings is 2. The molecule has 3 aromatic rings. The molecule has 1 aliphatic rings. The Morgan fingerprint density at radius 2 is 1.69 bits per heavy atom. The van der Waals surface area contributed by atoms with E-state index in [1.54, 1.807) is 48.5 Å². The van der Waals surface area contributed by atoms with Crippen LogP contribution in [0.2, 0.25) is 0 Å². The molecule has 0 atom stereocenters. The minimum absolute atomic E-state index is 0.0409. The van der Waals surface area contributed by atoms with Gasteiger partial charge in [-0.05, 0) is 80.4 Å². The molecule has 1 aliphatic carbocycles. The highest BCUT2D eigenvalue weighted by Gasteiger charge is 2.21. The fraction of sp³-hybridized carbons (Fsp3) is 0.348. The predicted molar refractivity (Wildman–Crippen MR) is 119 cm³/mol. The molecule has 1 saturated carbocycles. The first-order valence-electron chi connectivity index (χ1n) is 10.8. The van der Waals surface area contributed by atoms with Gasteiger partial charge in [0, 0.05) is 17.3 Å². The van der Waals surface area contributed by atoms with Gasteiger partial charge in [0.15, 0.2) is 0 Å². The molecule has 2 aromatic carbocycles. The average Bonchev–Trinajstić information content (AvgIpc) is 3.47. The first-order valence-corrected chi connectivity index (χ1v) is 10.8. The molecule has 32 heavy (non-hydrogen) atoms. The molecule has 1 heterocycles. The summed E-state index contributed by atoms with van der Waals surface area (Å²) >= 11 is 0. The summed E-state index contributed by atoms with van der Waals surface area (Å²) in [6.45, 7) is 3.90. The molecular weight excluding hydrogens is 408 g/mol. The van der Waals surface area contributed by atoms with Crippen molar-refractivity contribution in [1.29, 1.82) is 0 Å². The molecule has 166 valence electrons. The van der Waals surface area contributed by atoms with Gasteiger partial charge >= 0.3 is 0 Å². The number of hydrogen-bond donors (Lipinski definition) is 2. The van der Waals surface area contributed by atoms with E-state index in [2.05, 4.69) is 26.0 Å². The molecule has 1 fully saturated rings. The van der Waals surface area contributed by atoms with Gasteiger partial charge in [0.25, 0.3) is 17.6 Å². The molecular formula is C23H26N6O3. The van der Waals surface area contributed by atoms with E-state index < -0.39 is 0 Å². The summed E-state index contributed by atoms with van der Waals surface area (Å²) in [5.41, 5.74) is 1.78. The molecule has 9 nitrogen and oxygen atoms in total. The lowest BCUT2D eigenvalue weighted by Crippen LogP contribution is -2.33. The number of ether oxygens (including phenoxy) is 1. The zero-order chi connectivity index (χ0) is 22.5. The second kappa shape index (κ2) is 9.59. The summed E-state index contributed by atoms with van der Waals surface area (Å²) in [6, 6.07) is 14.2. The van der Waals surface area contributed by atoms with Gasteiger partial charge in [0.2, 0.25) is 0 Å². The smallest absolute Gasteiger partial charge is 0.293 e. The van der Waals surface area contributed by atoms with Gasteiger partial charge in [-0.25, -0.2) is 0 Å². The molecule has 0 radical (unpaired) electrons. The number of hydrogen-bond acceptors (Lipinski definition) is 6. The van der Waals surface area contributed by atoms with Crippen LogP contribution in [-0.2, 0) is 0 Å². The van der Waals surface area contributed by atoms with E-state index >= 15 is 0 Å². The first kappa shape index (κ1) is 21.5. The lowest BCUT2D eigenvalue weighted by molar-refractivity contribution is 0.0926. The average molecular weight is 435 g/mol. The van der Waals surface area contributed by atoms with Crippen molar-refractivity contribution in [2.45, 2.75) is 51.7 Å². The van der Waals surface area contributed by atoms with Crippen molar-refractivity contribution in [2.75, 3.05) is 5.32 Å². The van der Waals surface area contributed by atoms with Gasteiger partial charge in [-0.3, -0.25) is 9.59 Å². The zero-order valence-corrected chi connectivity index (χ0v) is 18.1. The fourth-order valence-electron chi connectivity index (χ4n) is 3.57. The van der Waals surface area contributed by atoms with Crippen LogP contribution in [0.1, 0.15) is 60.5 Å². The summed E-state index contributed by atoms with van der Waals surface area (Å²) in [4.78, 5) is 26.1. The monoisotopic (exact) mass is 434 g/mol. The maximum atomic E-state index is 12.5. The lowest BCUT2D eigenvalue weighted by Gasteiger charge is -2.10. The molecule has 9 heteroatoms. The lowest BCUT2D eigenvalue weighted by atomic mass is 10.2. The molecule has 4 rings (SSSR count). The van der Waals surface area contributed by atoms with E-state index in [1.807, 2.05) is 13.8 Å². The van der Waals surface area contributed by atoms with Crippen LogP contribution in [0.25, 0.3) is 5.69 Å². The van der Waals surface area contributed by atoms with Crippen LogP contribution in [0.4, 0.5) is 5.69 Å². The van der Waals surface area contributed by atoms with E-state index in [9.17, 15) is 9.59 Å². The van der Waals surface area contributed by atoms with Crippen LogP contribution in [0.5, 0.6) is 5.75 Å². The number of tetrazole rings is 1. The van der Waals surface area contributed by atoms with Crippen LogP contribution in [0, 0.1) is 0 Å². The Kier molecular flexibility index (Phi) is 6.44. The quantitative estimate of drug-likeness (QED) is 0.590. The summed E-state index contributed by atoms with van der Waals surface area (Å²) in [6.07, 6.45) is 4.31. The normalized spacial score (nSPS) is 13.8. The molecule has 2 amide bonds. The third kappa shape index (κ3) is 5.29.